The molecule has 0 bridgehead atoms. The molecule has 0 radical (unpaired) electrons. The van der Waals surface area contributed by atoms with Crippen LogP contribution in [-0.2, 0) is 9.53 Å². The number of hydrogen-bond acceptors (Lipinski definition) is 3. The van der Waals surface area contributed by atoms with Crippen molar-refractivity contribution in [1.82, 2.24) is 5.32 Å². The lowest BCUT2D eigenvalue weighted by Gasteiger charge is -2.10. The Morgan fingerprint density at radius 1 is 1.04 bits per heavy atom. The maximum atomic E-state index is 12.2. The number of ether oxygens (including phenoxy) is 1. The smallest absolute Gasteiger partial charge is 0.253 e. The minimum atomic E-state index is -0.295. The van der Waals surface area contributed by atoms with Crippen LogP contribution in [0.15, 0.2) is 60.7 Å². The summed E-state index contributed by atoms with van der Waals surface area (Å²) in [5.74, 6) is -0.550. The van der Waals surface area contributed by atoms with E-state index in [-0.39, 0.29) is 11.8 Å². The van der Waals surface area contributed by atoms with Crippen LogP contribution in [0.1, 0.15) is 15.9 Å². The average Bonchev–Trinajstić information content (AvgIpc) is 2.61. The Labute approximate surface area is 141 Å². The fourth-order valence-corrected chi connectivity index (χ4v) is 2.06. The third-order valence-corrected chi connectivity index (χ3v) is 3.25. The van der Waals surface area contributed by atoms with Gasteiger partial charge in [0.25, 0.3) is 5.91 Å². The first-order valence-corrected chi connectivity index (χ1v) is 7.61. The monoisotopic (exact) mass is 324 g/mol. The predicted molar refractivity (Wildman–Crippen MR) is 94.8 cm³/mol. The first-order chi connectivity index (χ1) is 11.7. The zero-order valence-electron chi connectivity index (χ0n) is 13.5. The molecule has 2 rings (SSSR count). The van der Waals surface area contributed by atoms with Crippen molar-refractivity contribution in [2.45, 2.75) is 0 Å². The summed E-state index contributed by atoms with van der Waals surface area (Å²) < 4.78 is 4.90. The van der Waals surface area contributed by atoms with E-state index in [1.807, 2.05) is 30.3 Å². The van der Waals surface area contributed by atoms with Crippen molar-refractivity contribution >= 4 is 23.6 Å². The molecule has 5 heteroatoms. The van der Waals surface area contributed by atoms with Crippen molar-refractivity contribution in [2.24, 2.45) is 0 Å². The summed E-state index contributed by atoms with van der Waals surface area (Å²) >= 11 is 0. The Morgan fingerprint density at radius 2 is 1.75 bits per heavy atom. The third kappa shape index (κ3) is 5.37. The van der Waals surface area contributed by atoms with Gasteiger partial charge in [-0.15, -0.1) is 0 Å². The number of nitrogens with one attached hydrogen (secondary N) is 2. The van der Waals surface area contributed by atoms with E-state index in [9.17, 15) is 9.59 Å². The molecule has 0 fully saturated rings. The number of amides is 2. The lowest BCUT2D eigenvalue weighted by Crippen LogP contribution is -2.28. The fourth-order valence-electron chi connectivity index (χ4n) is 2.06. The summed E-state index contributed by atoms with van der Waals surface area (Å²) in [7, 11) is 1.57. The van der Waals surface area contributed by atoms with Gasteiger partial charge in [0.2, 0.25) is 5.91 Å². The molecule has 0 aliphatic rings. The van der Waals surface area contributed by atoms with E-state index in [1.165, 1.54) is 6.08 Å². The number of methoxy groups -OCH3 is 1. The molecule has 0 aliphatic heterocycles. The van der Waals surface area contributed by atoms with Gasteiger partial charge in [-0.3, -0.25) is 9.59 Å². The highest BCUT2D eigenvalue weighted by Gasteiger charge is 2.11. The van der Waals surface area contributed by atoms with Crippen molar-refractivity contribution in [1.29, 1.82) is 0 Å². The molecular weight excluding hydrogens is 304 g/mol. The summed E-state index contributed by atoms with van der Waals surface area (Å²) in [6, 6.07) is 16.4. The quantitative estimate of drug-likeness (QED) is 0.608. The van der Waals surface area contributed by atoms with Crippen LogP contribution in [-0.4, -0.2) is 32.1 Å². The van der Waals surface area contributed by atoms with E-state index in [0.29, 0.717) is 24.4 Å². The zero-order valence-corrected chi connectivity index (χ0v) is 13.5. The molecule has 0 aromatic heterocycles. The normalized spacial score (nSPS) is 10.5. The molecule has 124 valence electrons. The Hall–Kier alpha value is -2.92. The van der Waals surface area contributed by atoms with Crippen molar-refractivity contribution in [2.75, 3.05) is 25.6 Å². The summed E-state index contributed by atoms with van der Waals surface area (Å²) in [5, 5.41) is 5.47. The van der Waals surface area contributed by atoms with Gasteiger partial charge >= 0.3 is 0 Å². The van der Waals surface area contributed by atoms with Crippen LogP contribution in [0.2, 0.25) is 0 Å². The van der Waals surface area contributed by atoms with Gasteiger partial charge in [0.05, 0.1) is 17.9 Å². The highest BCUT2D eigenvalue weighted by Crippen LogP contribution is 2.15. The van der Waals surface area contributed by atoms with E-state index < -0.39 is 0 Å². The number of para-hydroxylation sites is 1. The molecule has 2 N–H and O–H groups in total. The molecule has 5 nitrogen and oxygen atoms in total. The van der Waals surface area contributed by atoms with Crippen LogP contribution in [0, 0.1) is 0 Å². The highest BCUT2D eigenvalue weighted by atomic mass is 16.5. The molecule has 24 heavy (non-hydrogen) atoms. The number of anilines is 1. The molecule has 0 heterocycles. The third-order valence-electron chi connectivity index (χ3n) is 3.25. The van der Waals surface area contributed by atoms with Gasteiger partial charge in [-0.2, -0.15) is 0 Å². The maximum absolute atomic E-state index is 12.2. The minimum absolute atomic E-state index is 0.255. The SMILES string of the molecule is COCCNC(=O)c1ccccc1NC(=O)/C=C/c1ccccc1. The van der Waals surface area contributed by atoms with E-state index in [4.69, 9.17) is 4.74 Å². The lowest BCUT2D eigenvalue weighted by molar-refractivity contribution is -0.111. The van der Waals surface area contributed by atoms with Gasteiger partial charge in [-0.1, -0.05) is 42.5 Å². The number of benzene rings is 2. The van der Waals surface area contributed by atoms with Crippen LogP contribution in [0.5, 0.6) is 0 Å². The van der Waals surface area contributed by atoms with Crippen LogP contribution < -0.4 is 10.6 Å². The molecule has 0 unspecified atom stereocenters. The zero-order chi connectivity index (χ0) is 17.2. The van der Waals surface area contributed by atoms with Crippen LogP contribution in [0.25, 0.3) is 6.08 Å². The minimum Gasteiger partial charge on any atom is -0.383 e. The number of carbonyl (C=O) groups excluding carboxylic acids is 2. The van der Waals surface area contributed by atoms with Gasteiger partial charge in [-0.25, -0.2) is 0 Å². The molecule has 2 amide bonds. The number of carbonyl (C=O) groups is 2. The van der Waals surface area contributed by atoms with Crippen LogP contribution in [0.3, 0.4) is 0 Å². The van der Waals surface area contributed by atoms with E-state index >= 15 is 0 Å². The predicted octanol–water partition coefficient (Wildman–Crippen LogP) is 2.71. The molecule has 0 aliphatic carbocycles. The maximum Gasteiger partial charge on any atom is 0.253 e. The van der Waals surface area contributed by atoms with E-state index in [2.05, 4.69) is 10.6 Å². The second-order valence-corrected chi connectivity index (χ2v) is 5.03. The van der Waals surface area contributed by atoms with Gasteiger partial charge in [-0.05, 0) is 23.8 Å². The van der Waals surface area contributed by atoms with E-state index in [1.54, 1.807) is 37.5 Å². The largest absolute Gasteiger partial charge is 0.383 e. The first-order valence-electron chi connectivity index (χ1n) is 7.61. The fraction of sp³-hybridized carbons (Fsp3) is 0.158. The Balaban J connectivity index is 2.02. The van der Waals surface area contributed by atoms with Gasteiger partial charge in [0.1, 0.15) is 0 Å². The standard InChI is InChI=1S/C19H20N2O3/c1-24-14-13-20-19(23)16-9-5-6-10-17(16)21-18(22)12-11-15-7-3-2-4-8-15/h2-12H,13-14H2,1H3,(H,20,23)(H,21,22)/b12-11+. The summed E-state index contributed by atoms with van der Waals surface area (Å²) in [5.41, 5.74) is 1.81. The molecule has 0 spiro atoms. The second-order valence-electron chi connectivity index (χ2n) is 5.03. The molecule has 2 aromatic carbocycles. The van der Waals surface area contributed by atoms with Gasteiger partial charge in [0.15, 0.2) is 0 Å². The van der Waals surface area contributed by atoms with E-state index in [0.717, 1.165) is 5.56 Å². The first kappa shape index (κ1) is 17.4. The van der Waals surface area contributed by atoms with Crippen LogP contribution in [0.4, 0.5) is 5.69 Å². The lowest BCUT2D eigenvalue weighted by atomic mass is 10.1. The Morgan fingerprint density at radius 3 is 2.50 bits per heavy atom. The van der Waals surface area contributed by atoms with Gasteiger partial charge in [0, 0.05) is 19.7 Å². The average molecular weight is 324 g/mol. The summed E-state index contributed by atoms with van der Waals surface area (Å²) in [6.07, 6.45) is 3.16. The highest BCUT2D eigenvalue weighted by molar-refractivity contribution is 6.07. The van der Waals surface area contributed by atoms with Crippen molar-refractivity contribution in [3.05, 3.63) is 71.8 Å². The number of hydrogen-bond donors (Lipinski definition) is 2. The molecule has 0 saturated heterocycles. The molecule has 0 saturated carbocycles. The van der Waals surface area contributed by atoms with Crippen molar-refractivity contribution in [3.8, 4) is 0 Å². The second kappa shape index (κ2) is 9.27. The molecule has 2 aromatic rings. The Kier molecular flexibility index (Phi) is 6.73. The molecular formula is C19H20N2O3. The Bertz CT molecular complexity index is 712. The van der Waals surface area contributed by atoms with Crippen molar-refractivity contribution in [3.63, 3.8) is 0 Å². The van der Waals surface area contributed by atoms with Crippen molar-refractivity contribution < 1.29 is 14.3 Å². The summed E-state index contributed by atoms with van der Waals surface area (Å²) in [6.45, 7) is 0.839. The van der Waals surface area contributed by atoms with Crippen LogP contribution >= 0.6 is 0 Å². The molecule has 0 atom stereocenters. The topological polar surface area (TPSA) is 67.4 Å². The summed E-state index contributed by atoms with van der Waals surface area (Å²) in [4.78, 5) is 24.2. The number of rotatable bonds is 7. The van der Waals surface area contributed by atoms with Gasteiger partial charge < -0.3 is 15.4 Å².